The highest BCUT2D eigenvalue weighted by atomic mass is 16.5. The summed E-state index contributed by atoms with van der Waals surface area (Å²) < 4.78 is 10.3. The zero-order valence-electron chi connectivity index (χ0n) is 8.32. The second-order valence-corrected chi connectivity index (χ2v) is 3.12. The molecule has 1 heterocycles. The lowest BCUT2D eigenvalue weighted by molar-refractivity contribution is 0.340. The molecular weight excluding hydrogens is 194 g/mol. The maximum absolute atomic E-state index is 11.2. The topological polar surface area (TPSA) is 65.5 Å². The van der Waals surface area contributed by atoms with E-state index >= 15 is 0 Å². The fourth-order valence-corrected chi connectivity index (χ4v) is 1.36. The van der Waals surface area contributed by atoms with Gasteiger partial charge in [-0.25, -0.2) is 4.79 Å². The first-order chi connectivity index (χ1) is 7.20. The average molecular weight is 205 g/mol. The van der Waals surface area contributed by atoms with Crippen molar-refractivity contribution in [1.29, 1.82) is 0 Å². The third-order valence-corrected chi connectivity index (χ3v) is 2.05. The minimum absolute atomic E-state index is 0.117. The maximum Gasteiger partial charge on any atom is 0.359 e. The van der Waals surface area contributed by atoms with Crippen LogP contribution in [0, 0.1) is 0 Å². The Morgan fingerprint density at radius 2 is 2.20 bits per heavy atom. The fraction of sp³-hybridized carbons (Fsp3) is 0.182. The van der Waals surface area contributed by atoms with Crippen molar-refractivity contribution in [3.8, 4) is 5.75 Å². The number of hydrogen-bond acceptors (Lipinski definition) is 4. The van der Waals surface area contributed by atoms with Gasteiger partial charge < -0.3 is 14.9 Å². The number of ether oxygens (including phenoxy) is 1. The van der Waals surface area contributed by atoms with E-state index in [1.807, 2.05) is 13.0 Å². The number of fused-ring (bicyclic) bond motifs is 1. The molecule has 0 saturated heterocycles. The smallest absolute Gasteiger partial charge is 0.359 e. The van der Waals surface area contributed by atoms with E-state index in [4.69, 9.17) is 14.9 Å². The molecule has 4 heteroatoms. The minimum Gasteiger partial charge on any atom is -0.494 e. The van der Waals surface area contributed by atoms with Gasteiger partial charge in [0.25, 0.3) is 0 Å². The van der Waals surface area contributed by atoms with Crippen molar-refractivity contribution in [2.45, 2.75) is 6.92 Å². The van der Waals surface area contributed by atoms with Crippen molar-refractivity contribution in [2.75, 3.05) is 12.3 Å². The standard InChI is InChI=1S/C11H11NO3/c1-2-14-8-4-3-7-5-9(12)11(13)15-10(7)6-8/h3-6H,2,12H2,1H3. The first-order valence-electron chi connectivity index (χ1n) is 4.67. The van der Waals surface area contributed by atoms with Gasteiger partial charge in [0.15, 0.2) is 0 Å². The van der Waals surface area contributed by atoms with E-state index in [0.29, 0.717) is 17.9 Å². The van der Waals surface area contributed by atoms with Crippen molar-refractivity contribution in [2.24, 2.45) is 0 Å². The lowest BCUT2D eigenvalue weighted by Gasteiger charge is -2.03. The van der Waals surface area contributed by atoms with E-state index < -0.39 is 5.63 Å². The Kier molecular flexibility index (Phi) is 2.33. The van der Waals surface area contributed by atoms with Gasteiger partial charge in [0.05, 0.1) is 6.61 Å². The predicted octanol–water partition coefficient (Wildman–Crippen LogP) is 1.77. The summed E-state index contributed by atoms with van der Waals surface area (Å²) in [5.74, 6) is 0.679. The average Bonchev–Trinajstić information content (AvgIpc) is 2.21. The molecule has 2 rings (SSSR count). The highest BCUT2D eigenvalue weighted by molar-refractivity contribution is 5.80. The number of rotatable bonds is 2. The van der Waals surface area contributed by atoms with Crippen LogP contribution < -0.4 is 16.1 Å². The van der Waals surface area contributed by atoms with Crippen LogP contribution in [0.4, 0.5) is 5.69 Å². The Balaban J connectivity index is 2.61. The molecule has 0 aliphatic carbocycles. The quantitative estimate of drug-likeness (QED) is 0.759. The van der Waals surface area contributed by atoms with Gasteiger partial charge in [0, 0.05) is 11.5 Å². The van der Waals surface area contributed by atoms with E-state index in [1.165, 1.54) is 0 Å². The molecule has 2 aromatic rings. The monoisotopic (exact) mass is 205 g/mol. The molecule has 0 amide bonds. The van der Waals surface area contributed by atoms with Crippen molar-refractivity contribution >= 4 is 16.7 Å². The molecule has 15 heavy (non-hydrogen) atoms. The molecule has 4 nitrogen and oxygen atoms in total. The molecule has 0 aliphatic rings. The highest BCUT2D eigenvalue weighted by Crippen LogP contribution is 2.20. The zero-order chi connectivity index (χ0) is 10.8. The molecule has 0 unspecified atom stereocenters. The zero-order valence-corrected chi connectivity index (χ0v) is 8.32. The Bertz CT molecular complexity index is 545. The molecule has 0 atom stereocenters. The van der Waals surface area contributed by atoms with Gasteiger partial charge in [-0.05, 0) is 25.1 Å². The van der Waals surface area contributed by atoms with Crippen LogP contribution in [0.25, 0.3) is 11.0 Å². The third kappa shape index (κ3) is 1.79. The van der Waals surface area contributed by atoms with Crippen LogP contribution >= 0.6 is 0 Å². The summed E-state index contributed by atoms with van der Waals surface area (Å²) in [6.45, 7) is 2.47. The van der Waals surface area contributed by atoms with Crippen LogP contribution in [0.3, 0.4) is 0 Å². The molecule has 0 fully saturated rings. The van der Waals surface area contributed by atoms with Gasteiger partial charge in [-0.1, -0.05) is 0 Å². The SMILES string of the molecule is CCOc1ccc2cc(N)c(=O)oc2c1. The number of anilines is 1. The van der Waals surface area contributed by atoms with Gasteiger partial charge in [0.2, 0.25) is 0 Å². The first-order valence-corrected chi connectivity index (χ1v) is 4.67. The minimum atomic E-state index is -0.517. The van der Waals surface area contributed by atoms with Gasteiger partial charge in [0.1, 0.15) is 17.0 Å². The Hall–Kier alpha value is -1.97. The van der Waals surface area contributed by atoms with E-state index in [1.54, 1.807) is 18.2 Å². The number of benzene rings is 1. The van der Waals surface area contributed by atoms with Crippen molar-refractivity contribution < 1.29 is 9.15 Å². The van der Waals surface area contributed by atoms with E-state index in [0.717, 1.165) is 5.39 Å². The van der Waals surface area contributed by atoms with Crippen molar-refractivity contribution in [3.05, 3.63) is 34.7 Å². The Morgan fingerprint density at radius 3 is 2.93 bits per heavy atom. The predicted molar refractivity (Wildman–Crippen MR) is 58.1 cm³/mol. The molecule has 1 aromatic carbocycles. The van der Waals surface area contributed by atoms with Gasteiger partial charge in [-0.15, -0.1) is 0 Å². The molecule has 0 aliphatic heterocycles. The number of nitrogens with two attached hydrogens (primary N) is 1. The summed E-state index contributed by atoms with van der Waals surface area (Å²) in [6, 6.07) is 6.89. The molecule has 1 aromatic heterocycles. The lowest BCUT2D eigenvalue weighted by atomic mass is 10.2. The summed E-state index contributed by atoms with van der Waals surface area (Å²) in [7, 11) is 0. The van der Waals surface area contributed by atoms with Crippen LogP contribution in [-0.2, 0) is 0 Å². The van der Waals surface area contributed by atoms with Crippen LogP contribution in [0.5, 0.6) is 5.75 Å². The van der Waals surface area contributed by atoms with Crippen LogP contribution in [-0.4, -0.2) is 6.61 Å². The normalized spacial score (nSPS) is 10.5. The van der Waals surface area contributed by atoms with Crippen LogP contribution in [0.1, 0.15) is 6.92 Å². The lowest BCUT2D eigenvalue weighted by Crippen LogP contribution is -2.05. The molecule has 0 bridgehead atoms. The molecule has 2 N–H and O–H groups in total. The van der Waals surface area contributed by atoms with Crippen molar-refractivity contribution in [1.82, 2.24) is 0 Å². The molecule has 0 saturated carbocycles. The highest BCUT2D eigenvalue weighted by Gasteiger charge is 2.03. The summed E-state index contributed by atoms with van der Waals surface area (Å²) in [4.78, 5) is 11.2. The second kappa shape index (κ2) is 3.65. The first kappa shape index (κ1) is 9.58. The van der Waals surface area contributed by atoms with E-state index in [9.17, 15) is 4.79 Å². The fourth-order valence-electron chi connectivity index (χ4n) is 1.36. The molecule has 78 valence electrons. The molecule has 0 spiro atoms. The second-order valence-electron chi connectivity index (χ2n) is 3.12. The van der Waals surface area contributed by atoms with Gasteiger partial charge >= 0.3 is 5.63 Å². The van der Waals surface area contributed by atoms with Gasteiger partial charge in [-0.3, -0.25) is 0 Å². The number of hydrogen-bond donors (Lipinski definition) is 1. The molecular formula is C11H11NO3. The maximum atomic E-state index is 11.2. The van der Waals surface area contributed by atoms with Gasteiger partial charge in [-0.2, -0.15) is 0 Å². The van der Waals surface area contributed by atoms with Crippen LogP contribution in [0.15, 0.2) is 33.5 Å². The summed E-state index contributed by atoms with van der Waals surface area (Å²) >= 11 is 0. The summed E-state index contributed by atoms with van der Waals surface area (Å²) in [5, 5.41) is 0.788. The van der Waals surface area contributed by atoms with Crippen molar-refractivity contribution in [3.63, 3.8) is 0 Å². The van der Waals surface area contributed by atoms with E-state index in [-0.39, 0.29) is 5.69 Å². The summed E-state index contributed by atoms with van der Waals surface area (Å²) in [6.07, 6.45) is 0. The Labute approximate surface area is 86.3 Å². The largest absolute Gasteiger partial charge is 0.494 e. The molecule has 0 radical (unpaired) electrons. The summed E-state index contributed by atoms with van der Waals surface area (Å²) in [5.41, 5.74) is 5.53. The van der Waals surface area contributed by atoms with Crippen LogP contribution in [0.2, 0.25) is 0 Å². The number of nitrogen functional groups attached to an aromatic ring is 1. The Morgan fingerprint density at radius 1 is 1.40 bits per heavy atom. The third-order valence-electron chi connectivity index (χ3n) is 2.05. The van der Waals surface area contributed by atoms with E-state index in [2.05, 4.69) is 0 Å².